The van der Waals surface area contributed by atoms with E-state index in [0.29, 0.717) is 42.2 Å². The lowest BCUT2D eigenvalue weighted by molar-refractivity contribution is -0.146. The quantitative estimate of drug-likeness (QED) is 0.745. The van der Waals surface area contributed by atoms with Crippen LogP contribution in [0.4, 0.5) is 0 Å². The van der Waals surface area contributed by atoms with E-state index in [4.69, 9.17) is 14.2 Å². The molecule has 2 aromatic rings. The summed E-state index contributed by atoms with van der Waals surface area (Å²) in [6, 6.07) is 9.15. The van der Waals surface area contributed by atoms with Gasteiger partial charge in [0.05, 0.1) is 14.2 Å². The number of carboxylic acids is 1. The first-order valence-corrected chi connectivity index (χ1v) is 9.48. The zero-order valence-corrected chi connectivity index (χ0v) is 16.6. The van der Waals surface area contributed by atoms with Crippen molar-refractivity contribution in [3.63, 3.8) is 0 Å². The number of methoxy groups -OCH3 is 2. The van der Waals surface area contributed by atoms with Gasteiger partial charge in [-0.15, -0.1) is 0 Å². The van der Waals surface area contributed by atoms with Crippen molar-refractivity contribution in [1.29, 1.82) is 0 Å². The molecule has 2 N–H and O–H groups in total. The number of ether oxygens (including phenoxy) is 3. The van der Waals surface area contributed by atoms with Crippen LogP contribution in [0.5, 0.6) is 17.2 Å². The number of nitrogens with one attached hydrogen (secondary N) is 1. The van der Waals surface area contributed by atoms with Crippen LogP contribution in [0.2, 0.25) is 0 Å². The molecule has 1 atom stereocenters. The number of hydrogen-bond donors (Lipinski definition) is 2. The van der Waals surface area contributed by atoms with Crippen molar-refractivity contribution in [1.82, 2.24) is 5.32 Å². The second-order valence-electron chi connectivity index (χ2n) is 7.41. The van der Waals surface area contributed by atoms with Gasteiger partial charge in [-0.25, -0.2) is 0 Å². The zero-order valence-electron chi connectivity index (χ0n) is 16.6. The molecule has 0 aromatic heterocycles. The van der Waals surface area contributed by atoms with E-state index in [1.54, 1.807) is 19.1 Å². The average Bonchev–Trinajstić information content (AvgIpc) is 3.46. The Balaban J connectivity index is 1.86. The molecule has 29 heavy (non-hydrogen) atoms. The molecule has 0 spiro atoms. The maximum absolute atomic E-state index is 12.1. The topological polar surface area (TPSA) is 94.1 Å². The molecule has 1 aliphatic carbocycles. The highest BCUT2D eigenvalue weighted by molar-refractivity contribution is 6.01. The van der Waals surface area contributed by atoms with Gasteiger partial charge in [0, 0.05) is 17.7 Å². The van der Waals surface area contributed by atoms with Gasteiger partial charge < -0.3 is 24.6 Å². The van der Waals surface area contributed by atoms with Crippen LogP contribution in [0.1, 0.15) is 35.7 Å². The van der Waals surface area contributed by atoms with Crippen LogP contribution in [-0.4, -0.2) is 37.3 Å². The van der Waals surface area contributed by atoms with Gasteiger partial charge in [-0.1, -0.05) is 12.1 Å². The highest BCUT2D eigenvalue weighted by Crippen LogP contribution is 2.53. The van der Waals surface area contributed by atoms with Crippen molar-refractivity contribution in [2.75, 3.05) is 14.2 Å². The second kappa shape index (κ2) is 6.99. The van der Waals surface area contributed by atoms with Gasteiger partial charge >= 0.3 is 5.97 Å². The summed E-state index contributed by atoms with van der Waals surface area (Å²) in [6.07, 6.45) is 0.588. The predicted octanol–water partition coefficient (Wildman–Crippen LogP) is 3.25. The molecule has 7 nitrogen and oxygen atoms in total. The van der Waals surface area contributed by atoms with Gasteiger partial charge in [-0.05, 0) is 49.1 Å². The van der Waals surface area contributed by atoms with Crippen molar-refractivity contribution < 1.29 is 28.9 Å². The van der Waals surface area contributed by atoms with Gasteiger partial charge in [-0.2, -0.15) is 0 Å². The minimum absolute atomic E-state index is 0.110. The fourth-order valence-corrected chi connectivity index (χ4v) is 3.95. The van der Waals surface area contributed by atoms with Crippen LogP contribution in [0, 0.1) is 5.41 Å². The van der Waals surface area contributed by atoms with Crippen LogP contribution < -0.4 is 19.5 Å². The van der Waals surface area contributed by atoms with E-state index in [0.717, 1.165) is 16.7 Å². The third-order valence-corrected chi connectivity index (χ3v) is 5.92. The van der Waals surface area contributed by atoms with Gasteiger partial charge in [0.15, 0.2) is 11.5 Å². The SMILES string of the molecule is COc1ccc(-c2cccc3c2CNC3=O)c(OC(C)C2(C(=O)O)CC2)c1OC. The Morgan fingerprint density at radius 2 is 1.79 bits per heavy atom. The molecule has 1 unspecified atom stereocenters. The lowest BCUT2D eigenvalue weighted by atomic mass is 9.95. The largest absolute Gasteiger partial charge is 0.493 e. The van der Waals surface area contributed by atoms with Crippen LogP contribution in [0.15, 0.2) is 30.3 Å². The normalized spacial score (nSPS) is 17.1. The van der Waals surface area contributed by atoms with E-state index in [1.807, 2.05) is 18.2 Å². The number of amides is 1. The van der Waals surface area contributed by atoms with E-state index < -0.39 is 17.5 Å². The Hall–Kier alpha value is -3.22. The predicted molar refractivity (Wildman–Crippen MR) is 106 cm³/mol. The number of benzene rings is 2. The minimum Gasteiger partial charge on any atom is -0.493 e. The monoisotopic (exact) mass is 397 g/mol. The number of rotatable bonds is 7. The lowest BCUT2D eigenvalue weighted by Crippen LogP contribution is -2.32. The maximum atomic E-state index is 12.1. The maximum Gasteiger partial charge on any atom is 0.313 e. The summed E-state index contributed by atoms with van der Waals surface area (Å²) in [5, 5.41) is 12.5. The van der Waals surface area contributed by atoms with Gasteiger partial charge in [0.2, 0.25) is 5.75 Å². The average molecular weight is 397 g/mol. The van der Waals surface area contributed by atoms with Crippen LogP contribution >= 0.6 is 0 Å². The van der Waals surface area contributed by atoms with Crippen LogP contribution in [0.25, 0.3) is 11.1 Å². The number of carboxylic acid groups (broad SMARTS) is 1. The standard InChI is InChI=1S/C22H23NO6/c1-12(22(9-10-22)21(25)26)29-18-14(7-8-17(27-2)19(18)28-3)13-5-4-6-15-16(13)11-23-20(15)24/h4-8,12H,9-11H2,1-3H3,(H,23,24)(H,25,26). The molecule has 1 amide bonds. The second-order valence-corrected chi connectivity index (χ2v) is 7.41. The molecule has 152 valence electrons. The summed E-state index contributed by atoms with van der Waals surface area (Å²) in [6.45, 7) is 2.19. The van der Waals surface area contributed by atoms with E-state index in [2.05, 4.69) is 5.32 Å². The van der Waals surface area contributed by atoms with Gasteiger partial charge in [0.1, 0.15) is 11.5 Å². The third kappa shape index (κ3) is 2.97. The summed E-state index contributed by atoms with van der Waals surface area (Å²) in [4.78, 5) is 23.9. The molecule has 0 saturated heterocycles. The fourth-order valence-electron chi connectivity index (χ4n) is 3.95. The third-order valence-electron chi connectivity index (χ3n) is 5.92. The molecule has 2 aliphatic rings. The lowest BCUT2D eigenvalue weighted by Gasteiger charge is -2.25. The molecular formula is C22H23NO6. The first-order chi connectivity index (χ1) is 13.9. The molecule has 1 aliphatic heterocycles. The fraction of sp³-hybridized carbons (Fsp3) is 0.364. The van der Waals surface area contributed by atoms with Crippen LogP contribution in [0.3, 0.4) is 0 Å². The Labute approximate surface area is 168 Å². The summed E-state index contributed by atoms with van der Waals surface area (Å²) >= 11 is 0. The molecule has 4 rings (SSSR count). The van der Waals surface area contributed by atoms with Gasteiger partial charge in [-0.3, -0.25) is 9.59 Å². The van der Waals surface area contributed by atoms with Gasteiger partial charge in [0.25, 0.3) is 5.91 Å². The highest BCUT2D eigenvalue weighted by atomic mass is 16.5. The number of aliphatic carboxylic acids is 1. The summed E-state index contributed by atoms with van der Waals surface area (Å²) in [7, 11) is 3.05. The smallest absolute Gasteiger partial charge is 0.313 e. The van der Waals surface area contributed by atoms with Crippen molar-refractivity contribution in [3.05, 3.63) is 41.5 Å². The van der Waals surface area contributed by atoms with E-state index in [-0.39, 0.29) is 5.91 Å². The molecular weight excluding hydrogens is 374 g/mol. The van der Waals surface area contributed by atoms with E-state index >= 15 is 0 Å². The van der Waals surface area contributed by atoms with Crippen molar-refractivity contribution in [3.8, 4) is 28.4 Å². The zero-order chi connectivity index (χ0) is 20.8. The minimum atomic E-state index is -0.887. The number of carbonyl (C=O) groups excluding carboxylic acids is 1. The Morgan fingerprint density at radius 1 is 1.07 bits per heavy atom. The summed E-state index contributed by atoms with van der Waals surface area (Å²) in [5.74, 6) is 0.331. The summed E-state index contributed by atoms with van der Waals surface area (Å²) in [5.41, 5.74) is 2.18. The molecule has 7 heteroatoms. The number of hydrogen-bond acceptors (Lipinski definition) is 5. The van der Waals surface area contributed by atoms with Crippen molar-refractivity contribution >= 4 is 11.9 Å². The first kappa shape index (κ1) is 19.1. The molecule has 1 fully saturated rings. The Bertz CT molecular complexity index is 995. The Morgan fingerprint density at radius 3 is 2.41 bits per heavy atom. The molecule has 1 heterocycles. The summed E-state index contributed by atoms with van der Waals surface area (Å²) < 4.78 is 17.3. The number of carbonyl (C=O) groups is 2. The van der Waals surface area contributed by atoms with Crippen LogP contribution in [-0.2, 0) is 11.3 Å². The molecule has 1 saturated carbocycles. The van der Waals surface area contributed by atoms with Crippen molar-refractivity contribution in [2.45, 2.75) is 32.4 Å². The highest BCUT2D eigenvalue weighted by Gasteiger charge is 2.56. The van der Waals surface area contributed by atoms with E-state index in [9.17, 15) is 14.7 Å². The van der Waals surface area contributed by atoms with Crippen molar-refractivity contribution in [2.24, 2.45) is 5.41 Å². The first-order valence-electron chi connectivity index (χ1n) is 9.48. The van der Waals surface area contributed by atoms with E-state index in [1.165, 1.54) is 14.2 Å². The Kier molecular flexibility index (Phi) is 4.61. The molecule has 0 radical (unpaired) electrons. The molecule has 2 aromatic carbocycles. The molecule has 0 bridgehead atoms. The number of fused-ring (bicyclic) bond motifs is 1.